The Morgan fingerprint density at radius 1 is 1.21 bits per heavy atom. The van der Waals surface area contributed by atoms with Crippen molar-refractivity contribution in [3.8, 4) is 0 Å². The zero-order valence-corrected chi connectivity index (χ0v) is 10.8. The average molecular weight is 257 g/mol. The van der Waals surface area contributed by atoms with Crippen molar-refractivity contribution in [2.45, 2.75) is 19.8 Å². The SMILES string of the molecule is CC(C)c1ccc(Nc2cncc(C(=O)O)n2)cc1. The Balaban J connectivity index is 2.16. The lowest BCUT2D eigenvalue weighted by molar-refractivity contribution is 0.0690. The van der Waals surface area contributed by atoms with Crippen molar-refractivity contribution in [3.05, 3.63) is 47.9 Å². The lowest BCUT2D eigenvalue weighted by atomic mass is 10.0. The summed E-state index contributed by atoms with van der Waals surface area (Å²) in [6.07, 6.45) is 2.71. The first-order valence-electron chi connectivity index (χ1n) is 5.98. The maximum Gasteiger partial charge on any atom is 0.356 e. The van der Waals surface area contributed by atoms with E-state index in [1.165, 1.54) is 18.0 Å². The van der Waals surface area contributed by atoms with Gasteiger partial charge < -0.3 is 10.4 Å². The number of rotatable bonds is 4. The predicted molar refractivity (Wildman–Crippen MR) is 72.8 cm³/mol. The van der Waals surface area contributed by atoms with Crippen LogP contribution in [-0.2, 0) is 0 Å². The number of carboxylic acids is 1. The third-order valence-electron chi connectivity index (χ3n) is 2.70. The summed E-state index contributed by atoms with van der Waals surface area (Å²) in [6, 6.07) is 7.93. The van der Waals surface area contributed by atoms with Crippen molar-refractivity contribution in [3.63, 3.8) is 0 Å². The lowest BCUT2D eigenvalue weighted by Crippen LogP contribution is -2.04. The number of carboxylic acid groups (broad SMARTS) is 1. The fourth-order valence-corrected chi connectivity index (χ4v) is 1.63. The Kier molecular flexibility index (Phi) is 3.75. The van der Waals surface area contributed by atoms with Crippen LogP contribution in [0, 0.1) is 0 Å². The van der Waals surface area contributed by atoms with Gasteiger partial charge in [0.15, 0.2) is 5.69 Å². The molecule has 1 heterocycles. The topological polar surface area (TPSA) is 75.1 Å². The minimum Gasteiger partial charge on any atom is -0.476 e. The summed E-state index contributed by atoms with van der Waals surface area (Å²) in [5.41, 5.74) is 2.01. The van der Waals surface area contributed by atoms with E-state index in [9.17, 15) is 4.79 Å². The molecule has 98 valence electrons. The second-order valence-electron chi connectivity index (χ2n) is 4.50. The van der Waals surface area contributed by atoms with Gasteiger partial charge in [-0.1, -0.05) is 26.0 Å². The van der Waals surface area contributed by atoms with Gasteiger partial charge in [-0.3, -0.25) is 4.98 Å². The van der Waals surface area contributed by atoms with Crippen LogP contribution in [0.3, 0.4) is 0 Å². The van der Waals surface area contributed by atoms with Gasteiger partial charge in [0.25, 0.3) is 0 Å². The molecule has 0 atom stereocenters. The monoisotopic (exact) mass is 257 g/mol. The van der Waals surface area contributed by atoms with Gasteiger partial charge in [-0.2, -0.15) is 0 Å². The molecule has 0 fully saturated rings. The Hall–Kier alpha value is -2.43. The fraction of sp³-hybridized carbons (Fsp3) is 0.214. The Bertz CT molecular complexity index is 579. The normalized spacial score (nSPS) is 10.5. The molecule has 0 aliphatic heterocycles. The summed E-state index contributed by atoms with van der Waals surface area (Å²) in [7, 11) is 0. The summed E-state index contributed by atoms with van der Waals surface area (Å²) < 4.78 is 0. The zero-order valence-electron chi connectivity index (χ0n) is 10.8. The molecule has 0 saturated heterocycles. The number of nitrogens with one attached hydrogen (secondary N) is 1. The van der Waals surface area contributed by atoms with E-state index in [2.05, 4.69) is 29.1 Å². The molecule has 0 bridgehead atoms. The zero-order chi connectivity index (χ0) is 13.8. The molecule has 0 spiro atoms. The molecule has 2 N–H and O–H groups in total. The van der Waals surface area contributed by atoms with Crippen LogP contribution in [0.25, 0.3) is 0 Å². The minimum absolute atomic E-state index is 0.0798. The first kappa shape index (κ1) is 13.0. The van der Waals surface area contributed by atoms with Crippen LogP contribution >= 0.6 is 0 Å². The van der Waals surface area contributed by atoms with Gasteiger partial charge in [-0.25, -0.2) is 9.78 Å². The molecule has 2 rings (SSSR count). The van der Waals surface area contributed by atoms with E-state index in [1.807, 2.05) is 24.3 Å². The van der Waals surface area contributed by atoms with E-state index >= 15 is 0 Å². The number of hydrogen-bond donors (Lipinski definition) is 2. The third kappa shape index (κ3) is 3.28. The molecular formula is C14H15N3O2. The van der Waals surface area contributed by atoms with Crippen LogP contribution in [0.1, 0.15) is 35.8 Å². The molecule has 0 saturated carbocycles. The minimum atomic E-state index is -1.09. The maximum absolute atomic E-state index is 10.8. The third-order valence-corrected chi connectivity index (χ3v) is 2.70. The van der Waals surface area contributed by atoms with Crippen LogP contribution < -0.4 is 5.32 Å². The highest BCUT2D eigenvalue weighted by Gasteiger charge is 2.06. The van der Waals surface area contributed by atoms with Crippen molar-refractivity contribution in [1.29, 1.82) is 0 Å². The quantitative estimate of drug-likeness (QED) is 0.880. The smallest absolute Gasteiger partial charge is 0.356 e. The van der Waals surface area contributed by atoms with Crippen molar-refractivity contribution >= 4 is 17.5 Å². The molecule has 5 nitrogen and oxygen atoms in total. The van der Waals surface area contributed by atoms with Crippen molar-refractivity contribution in [2.75, 3.05) is 5.32 Å². The van der Waals surface area contributed by atoms with Gasteiger partial charge in [-0.05, 0) is 23.6 Å². The highest BCUT2D eigenvalue weighted by Crippen LogP contribution is 2.19. The number of anilines is 2. The van der Waals surface area contributed by atoms with Gasteiger partial charge in [0.05, 0.1) is 12.4 Å². The molecule has 0 amide bonds. The molecule has 0 radical (unpaired) electrons. The van der Waals surface area contributed by atoms with Gasteiger partial charge in [0.2, 0.25) is 0 Å². The second kappa shape index (κ2) is 5.48. The van der Waals surface area contributed by atoms with E-state index in [-0.39, 0.29) is 5.69 Å². The predicted octanol–water partition coefficient (Wildman–Crippen LogP) is 3.04. The molecule has 1 aromatic heterocycles. The number of nitrogens with zero attached hydrogens (tertiary/aromatic N) is 2. The first-order chi connectivity index (χ1) is 9.06. The molecule has 0 aliphatic carbocycles. The standard InChI is InChI=1S/C14H15N3O2/c1-9(2)10-3-5-11(6-4-10)16-13-8-15-7-12(17-13)14(18)19/h3-9H,1-2H3,(H,16,17)(H,18,19). The number of aromatic carboxylic acids is 1. The molecule has 0 aliphatic rings. The Labute approximate surface area is 111 Å². The highest BCUT2D eigenvalue weighted by molar-refractivity contribution is 5.85. The van der Waals surface area contributed by atoms with Crippen LogP contribution in [-0.4, -0.2) is 21.0 Å². The first-order valence-corrected chi connectivity index (χ1v) is 5.98. The number of carbonyl (C=O) groups is 1. The van der Waals surface area contributed by atoms with E-state index in [4.69, 9.17) is 5.11 Å². The van der Waals surface area contributed by atoms with Gasteiger partial charge in [-0.15, -0.1) is 0 Å². The summed E-state index contributed by atoms with van der Waals surface area (Å²) in [6.45, 7) is 4.26. The molecular weight excluding hydrogens is 242 g/mol. The molecule has 1 aromatic carbocycles. The largest absolute Gasteiger partial charge is 0.476 e. The summed E-state index contributed by atoms with van der Waals surface area (Å²) in [5, 5.41) is 11.9. The number of aromatic nitrogens is 2. The van der Waals surface area contributed by atoms with Crippen LogP contribution in [0.5, 0.6) is 0 Å². The summed E-state index contributed by atoms with van der Waals surface area (Å²) in [5.74, 6) is -0.201. The summed E-state index contributed by atoms with van der Waals surface area (Å²) >= 11 is 0. The lowest BCUT2D eigenvalue weighted by Gasteiger charge is -2.08. The van der Waals surface area contributed by atoms with E-state index in [0.717, 1.165) is 5.69 Å². The second-order valence-corrected chi connectivity index (χ2v) is 4.50. The van der Waals surface area contributed by atoms with Crippen LogP contribution in [0.4, 0.5) is 11.5 Å². The maximum atomic E-state index is 10.8. The van der Waals surface area contributed by atoms with E-state index < -0.39 is 5.97 Å². The van der Waals surface area contributed by atoms with Gasteiger partial charge in [0.1, 0.15) is 5.82 Å². The molecule has 0 unspecified atom stereocenters. The Morgan fingerprint density at radius 2 is 1.89 bits per heavy atom. The van der Waals surface area contributed by atoms with Gasteiger partial charge in [0, 0.05) is 5.69 Å². The molecule has 19 heavy (non-hydrogen) atoms. The summed E-state index contributed by atoms with van der Waals surface area (Å²) in [4.78, 5) is 18.6. The van der Waals surface area contributed by atoms with Crippen LogP contribution in [0.2, 0.25) is 0 Å². The molecule has 5 heteroatoms. The van der Waals surface area contributed by atoms with Gasteiger partial charge >= 0.3 is 5.97 Å². The van der Waals surface area contributed by atoms with E-state index in [0.29, 0.717) is 11.7 Å². The Morgan fingerprint density at radius 3 is 2.47 bits per heavy atom. The molecule has 2 aromatic rings. The fourth-order valence-electron chi connectivity index (χ4n) is 1.63. The highest BCUT2D eigenvalue weighted by atomic mass is 16.4. The van der Waals surface area contributed by atoms with Crippen molar-refractivity contribution in [1.82, 2.24) is 9.97 Å². The van der Waals surface area contributed by atoms with Crippen molar-refractivity contribution in [2.24, 2.45) is 0 Å². The van der Waals surface area contributed by atoms with Crippen molar-refractivity contribution < 1.29 is 9.90 Å². The van der Waals surface area contributed by atoms with Crippen LogP contribution in [0.15, 0.2) is 36.7 Å². The average Bonchev–Trinajstić information content (AvgIpc) is 2.39. The van der Waals surface area contributed by atoms with E-state index in [1.54, 1.807) is 0 Å². The number of hydrogen-bond acceptors (Lipinski definition) is 4. The number of benzene rings is 1.